The van der Waals surface area contributed by atoms with Crippen LogP contribution >= 0.6 is 0 Å². The summed E-state index contributed by atoms with van der Waals surface area (Å²) in [4.78, 5) is 0. The Morgan fingerprint density at radius 2 is 2.06 bits per heavy atom. The zero-order valence-corrected chi connectivity index (χ0v) is 10.1. The van der Waals surface area contributed by atoms with E-state index in [1.54, 1.807) is 0 Å². The number of hydrogen-bond acceptors (Lipinski definition) is 1. The molecule has 2 rings (SSSR count). The van der Waals surface area contributed by atoms with Crippen LogP contribution in [0.5, 0.6) is 0 Å². The van der Waals surface area contributed by atoms with Crippen LogP contribution in [-0.4, -0.2) is 0 Å². The maximum atomic E-state index is 6.11. The Bertz CT molecular complexity index is 379. The van der Waals surface area contributed by atoms with Crippen molar-refractivity contribution in [3.8, 4) is 0 Å². The standard InChI is InChI=1S/C15H21N/c1-12-9-10-14(15(16)11-12)13-7-5-3-2-4-6-8-13/h5,7,9-11,13H,2-4,6,8,16H2,1H3/b7-5-. The van der Waals surface area contributed by atoms with E-state index in [-0.39, 0.29) is 0 Å². The van der Waals surface area contributed by atoms with Crippen molar-refractivity contribution in [3.63, 3.8) is 0 Å². The van der Waals surface area contributed by atoms with E-state index >= 15 is 0 Å². The Hall–Kier alpha value is -1.24. The first-order valence-electron chi connectivity index (χ1n) is 6.30. The lowest BCUT2D eigenvalue weighted by molar-refractivity contribution is 0.599. The minimum atomic E-state index is 0.529. The summed E-state index contributed by atoms with van der Waals surface area (Å²) in [6.45, 7) is 2.09. The molecule has 1 nitrogen and oxygen atoms in total. The van der Waals surface area contributed by atoms with Gasteiger partial charge in [0.1, 0.15) is 0 Å². The van der Waals surface area contributed by atoms with Crippen LogP contribution in [0.25, 0.3) is 0 Å². The first-order valence-corrected chi connectivity index (χ1v) is 6.30. The number of hydrogen-bond donors (Lipinski definition) is 1. The Balaban J connectivity index is 2.23. The van der Waals surface area contributed by atoms with E-state index < -0.39 is 0 Å². The van der Waals surface area contributed by atoms with Gasteiger partial charge in [-0.05, 0) is 43.4 Å². The fourth-order valence-electron chi connectivity index (χ4n) is 2.45. The molecule has 2 N–H and O–H groups in total. The van der Waals surface area contributed by atoms with E-state index in [0.717, 1.165) is 5.69 Å². The summed E-state index contributed by atoms with van der Waals surface area (Å²) in [5.74, 6) is 0.529. The van der Waals surface area contributed by atoms with Crippen molar-refractivity contribution >= 4 is 5.69 Å². The van der Waals surface area contributed by atoms with E-state index in [1.165, 1.54) is 43.2 Å². The Labute approximate surface area is 98.4 Å². The summed E-state index contributed by atoms with van der Waals surface area (Å²) in [6, 6.07) is 6.45. The molecule has 0 saturated carbocycles. The molecule has 0 aliphatic heterocycles. The maximum Gasteiger partial charge on any atom is 0.0355 e. The van der Waals surface area contributed by atoms with E-state index in [2.05, 4.69) is 37.3 Å². The number of anilines is 1. The predicted molar refractivity (Wildman–Crippen MR) is 70.6 cm³/mol. The number of aryl methyl sites for hydroxylation is 1. The average Bonchev–Trinajstić information content (AvgIpc) is 2.19. The molecule has 16 heavy (non-hydrogen) atoms. The largest absolute Gasteiger partial charge is 0.398 e. The molecule has 1 atom stereocenters. The van der Waals surface area contributed by atoms with Crippen molar-refractivity contribution in [2.45, 2.75) is 44.9 Å². The monoisotopic (exact) mass is 215 g/mol. The third-order valence-electron chi connectivity index (χ3n) is 3.40. The van der Waals surface area contributed by atoms with Gasteiger partial charge < -0.3 is 5.73 Å². The number of benzene rings is 1. The molecular weight excluding hydrogens is 194 g/mol. The van der Waals surface area contributed by atoms with E-state index in [1.807, 2.05) is 0 Å². The second kappa shape index (κ2) is 5.20. The smallest absolute Gasteiger partial charge is 0.0355 e. The van der Waals surface area contributed by atoms with E-state index in [0.29, 0.717) is 5.92 Å². The second-order valence-corrected chi connectivity index (χ2v) is 4.81. The lowest BCUT2D eigenvalue weighted by Gasteiger charge is -2.17. The lowest BCUT2D eigenvalue weighted by atomic mass is 9.89. The van der Waals surface area contributed by atoms with Crippen molar-refractivity contribution in [3.05, 3.63) is 41.5 Å². The van der Waals surface area contributed by atoms with Crippen LogP contribution in [0.2, 0.25) is 0 Å². The van der Waals surface area contributed by atoms with Gasteiger partial charge in [-0.3, -0.25) is 0 Å². The van der Waals surface area contributed by atoms with Gasteiger partial charge in [0.15, 0.2) is 0 Å². The molecule has 86 valence electrons. The van der Waals surface area contributed by atoms with E-state index in [9.17, 15) is 0 Å². The fraction of sp³-hybridized carbons (Fsp3) is 0.467. The van der Waals surface area contributed by atoms with Crippen LogP contribution in [0.4, 0.5) is 5.69 Å². The molecule has 0 radical (unpaired) electrons. The number of allylic oxidation sites excluding steroid dienone is 2. The summed E-state index contributed by atoms with van der Waals surface area (Å²) in [5, 5.41) is 0. The zero-order chi connectivity index (χ0) is 11.4. The molecule has 0 bridgehead atoms. The molecule has 0 saturated heterocycles. The molecule has 1 heteroatoms. The third-order valence-corrected chi connectivity index (χ3v) is 3.40. The highest BCUT2D eigenvalue weighted by Gasteiger charge is 2.12. The van der Waals surface area contributed by atoms with Gasteiger partial charge in [0.25, 0.3) is 0 Å². The average molecular weight is 215 g/mol. The van der Waals surface area contributed by atoms with Gasteiger partial charge in [0.05, 0.1) is 0 Å². The molecule has 0 aromatic heterocycles. The molecule has 0 fully saturated rings. The summed E-state index contributed by atoms with van der Waals surface area (Å²) < 4.78 is 0. The summed E-state index contributed by atoms with van der Waals surface area (Å²) in [7, 11) is 0. The third kappa shape index (κ3) is 2.66. The highest BCUT2D eigenvalue weighted by Crippen LogP contribution is 2.30. The van der Waals surface area contributed by atoms with Crippen LogP contribution in [0.1, 0.15) is 49.1 Å². The van der Waals surface area contributed by atoms with Gasteiger partial charge in [0, 0.05) is 11.6 Å². The highest BCUT2D eigenvalue weighted by atomic mass is 14.6. The van der Waals surface area contributed by atoms with Crippen LogP contribution in [-0.2, 0) is 0 Å². The predicted octanol–water partition coefficient (Wildman–Crippen LogP) is 4.18. The van der Waals surface area contributed by atoms with Gasteiger partial charge >= 0.3 is 0 Å². The van der Waals surface area contributed by atoms with E-state index in [4.69, 9.17) is 5.73 Å². The van der Waals surface area contributed by atoms with Crippen molar-refractivity contribution in [1.82, 2.24) is 0 Å². The van der Waals surface area contributed by atoms with Crippen LogP contribution in [0, 0.1) is 6.92 Å². The summed E-state index contributed by atoms with van der Waals surface area (Å²) in [5.41, 5.74) is 9.62. The number of nitrogen functional groups attached to an aromatic ring is 1. The first-order chi connectivity index (χ1) is 7.77. The second-order valence-electron chi connectivity index (χ2n) is 4.81. The fourth-order valence-corrected chi connectivity index (χ4v) is 2.45. The van der Waals surface area contributed by atoms with Gasteiger partial charge in [-0.25, -0.2) is 0 Å². The first kappa shape index (κ1) is 11.3. The lowest BCUT2D eigenvalue weighted by Crippen LogP contribution is -2.02. The minimum Gasteiger partial charge on any atom is -0.398 e. The molecule has 1 aliphatic rings. The van der Waals surface area contributed by atoms with Gasteiger partial charge in [-0.1, -0.05) is 37.1 Å². The Morgan fingerprint density at radius 1 is 1.19 bits per heavy atom. The number of nitrogens with two attached hydrogens (primary N) is 1. The zero-order valence-electron chi connectivity index (χ0n) is 10.1. The van der Waals surface area contributed by atoms with Crippen LogP contribution in [0.3, 0.4) is 0 Å². The molecule has 1 unspecified atom stereocenters. The molecule has 1 aromatic rings. The van der Waals surface area contributed by atoms with Crippen molar-refractivity contribution in [1.29, 1.82) is 0 Å². The normalized spacial score (nSPS) is 23.4. The summed E-state index contributed by atoms with van der Waals surface area (Å²) in [6.07, 6.45) is 11.1. The number of rotatable bonds is 1. The highest BCUT2D eigenvalue weighted by molar-refractivity contribution is 5.51. The molecule has 0 amide bonds. The quantitative estimate of drug-likeness (QED) is 0.552. The summed E-state index contributed by atoms with van der Waals surface area (Å²) >= 11 is 0. The molecule has 0 heterocycles. The molecule has 0 spiro atoms. The molecule has 1 aromatic carbocycles. The van der Waals surface area contributed by atoms with Crippen molar-refractivity contribution in [2.24, 2.45) is 0 Å². The van der Waals surface area contributed by atoms with Crippen LogP contribution in [0.15, 0.2) is 30.4 Å². The molecular formula is C15H21N. The Morgan fingerprint density at radius 3 is 2.88 bits per heavy atom. The SMILES string of the molecule is Cc1ccc(C2/C=C\CCCCC2)c(N)c1. The van der Waals surface area contributed by atoms with Gasteiger partial charge in [0.2, 0.25) is 0 Å². The topological polar surface area (TPSA) is 26.0 Å². The van der Waals surface area contributed by atoms with Crippen molar-refractivity contribution < 1.29 is 0 Å². The minimum absolute atomic E-state index is 0.529. The van der Waals surface area contributed by atoms with Gasteiger partial charge in [-0.15, -0.1) is 0 Å². The van der Waals surface area contributed by atoms with Gasteiger partial charge in [-0.2, -0.15) is 0 Å². The molecule has 1 aliphatic carbocycles. The Kier molecular flexibility index (Phi) is 3.66. The van der Waals surface area contributed by atoms with Crippen LogP contribution < -0.4 is 5.73 Å². The van der Waals surface area contributed by atoms with Crippen molar-refractivity contribution in [2.75, 3.05) is 5.73 Å². The maximum absolute atomic E-state index is 6.11.